The number of carbonyl (C=O) groups is 3. The van der Waals surface area contributed by atoms with Crippen molar-refractivity contribution in [1.29, 1.82) is 0 Å². The van der Waals surface area contributed by atoms with Gasteiger partial charge in [-0.2, -0.15) is 0 Å². The van der Waals surface area contributed by atoms with Crippen LogP contribution in [0.5, 0.6) is 0 Å². The van der Waals surface area contributed by atoms with E-state index in [0.717, 1.165) is 22.3 Å². The Balaban J connectivity index is 1.27. The van der Waals surface area contributed by atoms with Gasteiger partial charge in [-0.05, 0) is 41.0 Å². The van der Waals surface area contributed by atoms with Gasteiger partial charge in [0.05, 0.1) is 12.0 Å². The molecule has 3 aromatic rings. The number of furan rings is 1. The van der Waals surface area contributed by atoms with Crippen LogP contribution in [0.3, 0.4) is 0 Å². The molecule has 2 aliphatic rings. The number of aliphatic carboxylic acids is 1. The molecule has 1 aromatic heterocycles. The zero-order valence-electron chi connectivity index (χ0n) is 19.3. The van der Waals surface area contributed by atoms with Gasteiger partial charge in [0, 0.05) is 18.5 Å². The van der Waals surface area contributed by atoms with Crippen LogP contribution in [0.4, 0.5) is 10.5 Å². The van der Waals surface area contributed by atoms with E-state index in [4.69, 9.17) is 9.15 Å². The minimum atomic E-state index is -1.05. The molecule has 35 heavy (non-hydrogen) atoms. The van der Waals surface area contributed by atoms with Crippen LogP contribution in [0.1, 0.15) is 47.4 Å². The zero-order valence-corrected chi connectivity index (χ0v) is 19.3. The number of likely N-dealkylation sites (tertiary alicyclic amines) is 1. The smallest absolute Gasteiger partial charge is 0.411 e. The molecule has 2 amide bonds. The topological polar surface area (TPSA) is 109 Å². The SMILES string of the molecule is CC1CCN(C(=O)c2occc2NC(=O)OCC2c3ccccc3-c3ccccc32)C(C(=O)O)C1. The lowest BCUT2D eigenvalue weighted by atomic mass is 9.92. The van der Waals surface area contributed by atoms with Gasteiger partial charge in [0.1, 0.15) is 12.6 Å². The quantitative estimate of drug-likeness (QED) is 0.541. The zero-order chi connectivity index (χ0) is 24.5. The van der Waals surface area contributed by atoms with E-state index in [9.17, 15) is 19.5 Å². The third-order valence-electron chi connectivity index (χ3n) is 6.85. The monoisotopic (exact) mass is 474 g/mol. The van der Waals surface area contributed by atoms with Gasteiger partial charge in [-0.3, -0.25) is 10.1 Å². The number of fused-ring (bicyclic) bond motifs is 3. The molecule has 0 radical (unpaired) electrons. The second-order valence-corrected chi connectivity index (χ2v) is 9.10. The molecule has 8 nitrogen and oxygen atoms in total. The summed E-state index contributed by atoms with van der Waals surface area (Å²) in [4.78, 5) is 38.8. The van der Waals surface area contributed by atoms with E-state index in [-0.39, 0.29) is 29.9 Å². The van der Waals surface area contributed by atoms with E-state index < -0.39 is 24.0 Å². The van der Waals surface area contributed by atoms with Gasteiger partial charge < -0.3 is 19.2 Å². The summed E-state index contributed by atoms with van der Waals surface area (Å²) in [6, 6.07) is 16.6. The predicted molar refractivity (Wildman–Crippen MR) is 128 cm³/mol. The molecular formula is C27H26N2O6. The normalized spacial score (nSPS) is 19.1. The standard InChI is InChI=1S/C27H26N2O6/c1-16-10-12-29(23(14-16)26(31)32)25(30)24-22(11-13-34-24)28-27(33)35-15-21-19-8-4-2-6-17(19)18-7-3-5-9-20(18)21/h2-9,11,13,16,21,23H,10,12,14-15H2,1H3,(H,28,33)(H,31,32). The Morgan fingerprint density at radius 3 is 2.37 bits per heavy atom. The van der Waals surface area contributed by atoms with E-state index in [1.807, 2.05) is 43.3 Å². The second kappa shape index (κ2) is 9.29. The maximum atomic E-state index is 13.1. The van der Waals surface area contributed by atoms with E-state index in [0.29, 0.717) is 19.4 Å². The third-order valence-corrected chi connectivity index (χ3v) is 6.85. The minimum absolute atomic E-state index is 0.0923. The van der Waals surface area contributed by atoms with Gasteiger partial charge in [-0.1, -0.05) is 55.5 Å². The van der Waals surface area contributed by atoms with Crippen molar-refractivity contribution in [3.8, 4) is 11.1 Å². The van der Waals surface area contributed by atoms with Crippen LogP contribution in [0.2, 0.25) is 0 Å². The molecule has 1 fully saturated rings. The van der Waals surface area contributed by atoms with E-state index in [1.165, 1.54) is 17.2 Å². The van der Waals surface area contributed by atoms with E-state index in [1.54, 1.807) is 0 Å². The van der Waals surface area contributed by atoms with E-state index >= 15 is 0 Å². The summed E-state index contributed by atoms with van der Waals surface area (Å²) in [7, 11) is 0. The highest BCUT2D eigenvalue weighted by Crippen LogP contribution is 2.44. The van der Waals surface area contributed by atoms with Crippen LogP contribution in [-0.4, -0.2) is 47.2 Å². The first-order valence-electron chi connectivity index (χ1n) is 11.7. The molecule has 2 unspecified atom stereocenters. The van der Waals surface area contributed by atoms with Crippen LogP contribution in [0.15, 0.2) is 65.3 Å². The minimum Gasteiger partial charge on any atom is -0.480 e. The van der Waals surface area contributed by atoms with Gasteiger partial charge in [0.25, 0.3) is 5.91 Å². The highest BCUT2D eigenvalue weighted by Gasteiger charge is 2.37. The third kappa shape index (κ3) is 4.27. The lowest BCUT2D eigenvalue weighted by Crippen LogP contribution is -2.49. The largest absolute Gasteiger partial charge is 0.480 e. The molecule has 2 atom stereocenters. The summed E-state index contributed by atoms with van der Waals surface area (Å²) in [6.07, 6.45) is 1.64. The number of nitrogens with one attached hydrogen (secondary N) is 1. The first-order chi connectivity index (χ1) is 16.9. The van der Waals surface area contributed by atoms with Crippen molar-refractivity contribution in [2.75, 3.05) is 18.5 Å². The van der Waals surface area contributed by atoms with Gasteiger partial charge in [0.15, 0.2) is 0 Å². The fraction of sp³-hybridized carbons (Fsp3) is 0.296. The number of carboxylic acid groups (broad SMARTS) is 1. The average molecular weight is 475 g/mol. The number of nitrogens with zero attached hydrogens (tertiary/aromatic N) is 1. The van der Waals surface area contributed by atoms with Crippen molar-refractivity contribution in [1.82, 2.24) is 4.90 Å². The maximum absolute atomic E-state index is 13.1. The summed E-state index contributed by atoms with van der Waals surface area (Å²) < 4.78 is 10.9. The number of benzene rings is 2. The second-order valence-electron chi connectivity index (χ2n) is 9.10. The van der Waals surface area contributed by atoms with Crippen molar-refractivity contribution < 1.29 is 28.6 Å². The summed E-state index contributed by atoms with van der Waals surface area (Å²) in [5, 5.41) is 12.2. The lowest BCUT2D eigenvalue weighted by Gasteiger charge is -2.35. The van der Waals surface area contributed by atoms with Gasteiger partial charge in [0.2, 0.25) is 5.76 Å². The lowest BCUT2D eigenvalue weighted by molar-refractivity contribution is -0.144. The first-order valence-corrected chi connectivity index (χ1v) is 11.7. The number of piperidine rings is 1. The summed E-state index contributed by atoms with van der Waals surface area (Å²) in [6.45, 7) is 2.41. The number of anilines is 1. The Hall–Kier alpha value is -4.07. The number of ether oxygens (including phenoxy) is 1. The molecule has 1 aliphatic heterocycles. The molecule has 0 bridgehead atoms. The molecule has 8 heteroatoms. The number of amides is 2. The molecule has 180 valence electrons. The molecule has 2 heterocycles. The molecule has 2 N–H and O–H groups in total. The number of carbonyl (C=O) groups excluding carboxylic acids is 2. The number of hydrogen-bond donors (Lipinski definition) is 2. The van der Waals surface area contributed by atoms with Crippen LogP contribution < -0.4 is 5.32 Å². The van der Waals surface area contributed by atoms with Crippen molar-refractivity contribution in [3.63, 3.8) is 0 Å². The van der Waals surface area contributed by atoms with E-state index in [2.05, 4.69) is 17.4 Å². The molecule has 0 spiro atoms. The van der Waals surface area contributed by atoms with Crippen molar-refractivity contribution in [2.24, 2.45) is 5.92 Å². The van der Waals surface area contributed by atoms with Crippen molar-refractivity contribution >= 4 is 23.7 Å². The van der Waals surface area contributed by atoms with Crippen LogP contribution in [-0.2, 0) is 9.53 Å². The Bertz CT molecular complexity index is 1240. The van der Waals surface area contributed by atoms with Crippen molar-refractivity contribution in [3.05, 3.63) is 77.7 Å². The number of hydrogen-bond acceptors (Lipinski definition) is 5. The molecular weight excluding hydrogens is 448 g/mol. The van der Waals surface area contributed by atoms with Crippen LogP contribution in [0, 0.1) is 5.92 Å². The van der Waals surface area contributed by atoms with Gasteiger partial charge >= 0.3 is 12.1 Å². The fourth-order valence-corrected chi connectivity index (χ4v) is 5.07. The summed E-state index contributed by atoms with van der Waals surface area (Å²) >= 11 is 0. The molecule has 2 aromatic carbocycles. The maximum Gasteiger partial charge on any atom is 0.411 e. The Morgan fingerprint density at radius 2 is 1.71 bits per heavy atom. The van der Waals surface area contributed by atoms with Gasteiger partial charge in [-0.15, -0.1) is 0 Å². The summed E-state index contributed by atoms with van der Waals surface area (Å²) in [5.41, 5.74) is 4.60. The first kappa shape index (κ1) is 22.7. The number of rotatable bonds is 5. The van der Waals surface area contributed by atoms with Crippen LogP contribution in [0.25, 0.3) is 11.1 Å². The Labute approximate surface area is 202 Å². The van der Waals surface area contributed by atoms with Crippen LogP contribution >= 0.6 is 0 Å². The molecule has 5 rings (SSSR count). The van der Waals surface area contributed by atoms with Crippen molar-refractivity contribution in [2.45, 2.75) is 31.7 Å². The molecule has 1 aliphatic carbocycles. The Morgan fingerprint density at radius 1 is 1.06 bits per heavy atom. The molecule has 0 saturated carbocycles. The highest BCUT2D eigenvalue weighted by atomic mass is 16.5. The Kier molecular flexibility index (Phi) is 6.03. The average Bonchev–Trinajstić information content (AvgIpc) is 3.44. The highest BCUT2D eigenvalue weighted by molar-refractivity contribution is 6.01. The molecule has 1 saturated heterocycles. The van der Waals surface area contributed by atoms with Gasteiger partial charge in [-0.25, -0.2) is 9.59 Å². The summed E-state index contributed by atoms with van der Waals surface area (Å²) in [5.74, 6) is -1.62. The fourth-order valence-electron chi connectivity index (χ4n) is 5.07. The number of carboxylic acids is 1. The predicted octanol–water partition coefficient (Wildman–Crippen LogP) is 4.97.